The number of ether oxygens (including phenoxy) is 3. The second-order valence-corrected chi connectivity index (χ2v) is 5.96. The fourth-order valence-electron chi connectivity index (χ4n) is 2.53. The summed E-state index contributed by atoms with van der Waals surface area (Å²) in [6.45, 7) is 6.58. The van der Waals surface area contributed by atoms with Crippen LogP contribution < -0.4 is 0 Å². The molecule has 0 saturated heterocycles. The van der Waals surface area contributed by atoms with Gasteiger partial charge in [-0.15, -0.1) is 0 Å². The zero-order chi connectivity index (χ0) is 20.3. The molecule has 0 heterocycles. The van der Waals surface area contributed by atoms with E-state index in [-0.39, 0.29) is 37.6 Å². The van der Waals surface area contributed by atoms with Gasteiger partial charge in [0.25, 0.3) is 0 Å². The first-order chi connectivity index (χ1) is 12.9. The Kier molecular flexibility index (Phi) is 9.44. The van der Waals surface area contributed by atoms with Crippen LogP contribution >= 0.6 is 0 Å². The molecule has 27 heavy (non-hydrogen) atoms. The average molecular weight is 376 g/mol. The van der Waals surface area contributed by atoms with Gasteiger partial charge in [0, 0.05) is 13.3 Å². The summed E-state index contributed by atoms with van der Waals surface area (Å²) in [6, 6.07) is 9.45. The van der Waals surface area contributed by atoms with Crippen LogP contribution in [0.4, 0.5) is 0 Å². The Labute approximate surface area is 160 Å². The van der Waals surface area contributed by atoms with Gasteiger partial charge in [-0.2, -0.15) is 0 Å². The number of carbonyl (C=O) groups excluding carboxylic acids is 3. The highest BCUT2D eigenvalue weighted by atomic mass is 16.5. The zero-order valence-corrected chi connectivity index (χ0v) is 16.4. The number of hydrogen-bond acceptors (Lipinski definition) is 6. The molecule has 0 bridgehead atoms. The number of ketones is 1. The first-order valence-corrected chi connectivity index (χ1v) is 9.11. The minimum atomic E-state index is -1.30. The molecular weight excluding hydrogens is 348 g/mol. The van der Waals surface area contributed by atoms with Gasteiger partial charge in [0.15, 0.2) is 5.78 Å². The largest absolute Gasteiger partial charge is 0.463 e. The van der Waals surface area contributed by atoms with Crippen LogP contribution in [0.3, 0.4) is 0 Å². The molecule has 1 unspecified atom stereocenters. The molecule has 148 valence electrons. The smallest absolute Gasteiger partial charge is 0.337 e. The molecule has 0 radical (unpaired) electrons. The van der Waals surface area contributed by atoms with Crippen LogP contribution in [0.5, 0.6) is 0 Å². The number of Topliss-reactive ketones (excluding diaryl/α,β-unsaturated/α-hetero) is 1. The van der Waals surface area contributed by atoms with Gasteiger partial charge in [0.05, 0.1) is 18.8 Å². The lowest BCUT2D eigenvalue weighted by Crippen LogP contribution is -2.40. The molecule has 1 rings (SSSR count). The van der Waals surface area contributed by atoms with E-state index >= 15 is 0 Å². The predicted molar refractivity (Wildman–Crippen MR) is 101 cm³/mol. The van der Waals surface area contributed by atoms with E-state index in [0.29, 0.717) is 6.42 Å². The predicted octanol–water partition coefficient (Wildman–Crippen LogP) is 3.38. The molecule has 1 atom stereocenters. The third kappa shape index (κ3) is 6.98. The molecule has 0 aliphatic heterocycles. The minimum Gasteiger partial charge on any atom is -0.463 e. The van der Waals surface area contributed by atoms with Crippen LogP contribution in [0.25, 0.3) is 0 Å². The molecule has 1 aromatic rings. The molecule has 0 spiro atoms. The second-order valence-electron chi connectivity index (χ2n) is 5.96. The highest BCUT2D eigenvalue weighted by molar-refractivity contribution is 5.94. The van der Waals surface area contributed by atoms with Crippen molar-refractivity contribution >= 4 is 17.7 Å². The van der Waals surface area contributed by atoms with E-state index in [1.165, 1.54) is 13.0 Å². The number of hydrogen-bond donors (Lipinski definition) is 0. The van der Waals surface area contributed by atoms with Crippen LogP contribution in [0, 0.1) is 0 Å². The Morgan fingerprint density at radius 1 is 1.04 bits per heavy atom. The molecule has 0 fully saturated rings. The standard InChI is InChI=1S/C21H28O6/c1-5-19(23)21(6-2,27-14-17-11-9-8-10-12-17)13-18(15-26-16(4)22)20(24)25-7-3/h8-13H,5-7,14-15H2,1-4H3/b18-13+. The molecular formula is C21H28O6. The van der Waals surface area contributed by atoms with Gasteiger partial charge < -0.3 is 14.2 Å². The molecule has 0 N–H and O–H groups in total. The van der Waals surface area contributed by atoms with Gasteiger partial charge in [0.1, 0.15) is 12.2 Å². The summed E-state index contributed by atoms with van der Waals surface area (Å²) in [5.41, 5.74) is -0.304. The Morgan fingerprint density at radius 2 is 1.70 bits per heavy atom. The van der Waals surface area contributed by atoms with Crippen LogP contribution in [0.1, 0.15) is 46.1 Å². The van der Waals surface area contributed by atoms with E-state index in [9.17, 15) is 14.4 Å². The second kappa shape index (κ2) is 11.3. The Bertz CT molecular complexity index is 665. The van der Waals surface area contributed by atoms with E-state index in [2.05, 4.69) is 0 Å². The summed E-state index contributed by atoms with van der Waals surface area (Å²) in [4.78, 5) is 36.2. The minimum absolute atomic E-state index is 0.0868. The molecule has 0 saturated carbocycles. The van der Waals surface area contributed by atoms with E-state index in [1.807, 2.05) is 37.3 Å². The molecule has 1 aromatic carbocycles. The van der Waals surface area contributed by atoms with Gasteiger partial charge in [-0.05, 0) is 25.0 Å². The highest BCUT2D eigenvalue weighted by Crippen LogP contribution is 2.25. The molecule has 6 heteroatoms. The van der Waals surface area contributed by atoms with Crippen molar-refractivity contribution in [3.63, 3.8) is 0 Å². The summed E-state index contributed by atoms with van der Waals surface area (Å²) in [7, 11) is 0. The molecule has 6 nitrogen and oxygen atoms in total. The van der Waals surface area contributed by atoms with Gasteiger partial charge in [0.2, 0.25) is 0 Å². The average Bonchev–Trinajstić information content (AvgIpc) is 2.68. The number of carbonyl (C=O) groups is 3. The Morgan fingerprint density at radius 3 is 2.22 bits per heavy atom. The molecule has 0 aliphatic rings. The first-order valence-electron chi connectivity index (χ1n) is 9.11. The summed E-state index contributed by atoms with van der Waals surface area (Å²) in [6.07, 6.45) is 2.01. The summed E-state index contributed by atoms with van der Waals surface area (Å²) in [5.74, 6) is -1.33. The monoisotopic (exact) mass is 376 g/mol. The van der Waals surface area contributed by atoms with Crippen molar-refractivity contribution in [2.75, 3.05) is 13.2 Å². The van der Waals surface area contributed by atoms with Crippen molar-refractivity contribution in [3.05, 3.63) is 47.5 Å². The molecule has 0 amide bonds. The van der Waals surface area contributed by atoms with Gasteiger partial charge >= 0.3 is 11.9 Å². The number of esters is 2. The number of benzene rings is 1. The zero-order valence-electron chi connectivity index (χ0n) is 16.4. The van der Waals surface area contributed by atoms with Gasteiger partial charge in [-0.1, -0.05) is 44.2 Å². The van der Waals surface area contributed by atoms with Crippen LogP contribution in [0.2, 0.25) is 0 Å². The van der Waals surface area contributed by atoms with Crippen molar-refractivity contribution in [2.45, 2.75) is 52.7 Å². The van der Waals surface area contributed by atoms with Gasteiger partial charge in [-0.25, -0.2) is 4.79 Å². The third-order valence-electron chi connectivity index (χ3n) is 4.03. The van der Waals surface area contributed by atoms with Crippen LogP contribution in [-0.2, 0) is 35.2 Å². The lowest BCUT2D eigenvalue weighted by atomic mass is 9.90. The highest BCUT2D eigenvalue weighted by Gasteiger charge is 2.36. The van der Waals surface area contributed by atoms with Crippen molar-refractivity contribution in [2.24, 2.45) is 0 Å². The summed E-state index contributed by atoms with van der Waals surface area (Å²) in [5, 5.41) is 0. The van der Waals surface area contributed by atoms with Crippen molar-refractivity contribution in [1.82, 2.24) is 0 Å². The van der Waals surface area contributed by atoms with E-state index in [0.717, 1.165) is 5.56 Å². The third-order valence-corrected chi connectivity index (χ3v) is 4.03. The maximum atomic E-state index is 12.7. The van der Waals surface area contributed by atoms with Crippen LogP contribution in [-0.4, -0.2) is 36.5 Å². The van der Waals surface area contributed by atoms with Crippen molar-refractivity contribution in [3.8, 4) is 0 Å². The Hall–Kier alpha value is -2.47. The van der Waals surface area contributed by atoms with E-state index in [1.54, 1.807) is 13.8 Å². The first kappa shape index (κ1) is 22.6. The number of rotatable bonds is 11. The molecule has 0 aliphatic carbocycles. The lowest BCUT2D eigenvalue weighted by molar-refractivity contribution is -0.143. The van der Waals surface area contributed by atoms with Gasteiger partial charge in [-0.3, -0.25) is 9.59 Å². The maximum Gasteiger partial charge on any atom is 0.337 e. The fraction of sp³-hybridized carbons (Fsp3) is 0.476. The topological polar surface area (TPSA) is 78.9 Å². The maximum absolute atomic E-state index is 12.7. The van der Waals surface area contributed by atoms with E-state index in [4.69, 9.17) is 14.2 Å². The SMILES string of the molecule is CCOC(=O)/C(=C/C(CC)(OCc1ccccc1)C(=O)CC)COC(C)=O. The summed E-state index contributed by atoms with van der Waals surface area (Å²) < 4.78 is 16.0. The Balaban J connectivity index is 3.22. The lowest BCUT2D eigenvalue weighted by Gasteiger charge is -2.29. The summed E-state index contributed by atoms with van der Waals surface area (Å²) >= 11 is 0. The fourth-order valence-corrected chi connectivity index (χ4v) is 2.53. The van der Waals surface area contributed by atoms with Crippen molar-refractivity contribution in [1.29, 1.82) is 0 Å². The van der Waals surface area contributed by atoms with Crippen LogP contribution in [0.15, 0.2) is 42.0 Å². The quantitative estimate of drug-likeness (QED) is 0.435. The normalized spacial score (nSPS) is 13.6. The molecule has 0 aromatic heterocycles. The van der Waals surface area contributed by atoms with E-state index < -0.39 is 17.5 Å². The van der Waals surface area contributed by atoms with Crippen molar-refractivity contribution < 1.29 is 28.6 Å².